The predicted octanol–water partition coefficient (Wildman–Crippen LogP) is 3.09. The molecule has 2 aromatic carbocycles. The number of aliphatic hydroxyl groups is 1. The number of hydrogen-bond acceptors (Lipinski definition) is 4. The first-order valence-corrected chi connectivity index (χ1v) is 12.7. The van der Waals surface area contributed by atoms with E-state index >= 15 is 0 Å². The number of hydroxylamine groups is 2. The van der Waals surface area contributed by atoms with Gasteiger partial charge in [0, 0.05) is 6.54 Å². The molecule has 29 heavy (non-hydrogen) atoms. The Morgan fingerprint density at radius 2 is 1.62 bits per heavy atom. The molecule has 0 radical (unpaired) electrons. The van der Waals surface area contributed by atoms with E-state index in [0.29, 0.717) is 0 Å². The van der Waals surface area contributed by atoms with Crippen molar-refractivity contribution in [1.82, 2.24) is 5.06 Å². The van der Waals surface area contributed by atoms with Gasteiger partial charge in [-0.1, -0.05) is 81.4 Å². The van der Waals surface area contributed by atoms with E-state index in [0.717, 1.165) is 25.8 Å². The van der Waals surface area contributed by atoms with E-state index < -0.39 is 8.32 Å². The molecule has 4 nitrogen and oxygen atoms in total. The monoisotopic (exact) mass is 411 g/mol. The van der Waals surface area contributed by atoms with E-state index in [4.69, 9.17) is 9.26 Å². The summed E-state index contributed by atoms with van der Waals surface area (Å²) >= 11 is 0. The summed E-state index contributed by atoms with van der Waals surface area (Å²) in [6.07, 6.45) is 2.92. The molecule has 2 fully saturated rings. The van der Waals surface area contributed by atoms with Crippen LogP contribution < -0.4 is 10.4 Å². The maximum absolute atomic E-state index is 9.63. The number of fused-ring (bicyclic) bond motifs is 1. The van der Waals surface area contributed by atoms with E-state index in [9.17, 15) is 5.11 Å². The van der Waals surface area contributed by atoms with Crippen molar-refractivity contribution in [3.63, 3.8) is 0 Å². The average molecular weight is 412 g/mol. The molecule has 2 aromatic rings. The second kappa shape index (κ2) is 8.32. The molecule has 4 rings (SSSR count). The highest BCUT2D eigenvalue weighted by molar-refractivity contribution is 6.99. The number of hydrogen-bond donors (Lipinski definition) is 1. The summed E-state index contributed by atoms with van der Waals surface area (Å²) < 4.78 is 7.36. The summed E-state index contributed by atoms with van der Waals surface area (Å²) in [6, 6.07) is 21.9. The van der Waals surface area contributed by atoms with Crippen molar-refractivity contribution >= 4 is 18.7 Å². The summed E-state index contributed by atoms with van der Waals surface area (Å²) in [7, 11) is -2.57. The SMILES string of the molecule is CC(C)(C)[Si](O[C@H]1CCCN2OC(CO)CC12)(c1ccccc1)c1ccccc1. The topological polar surface area (TPSA) is 41.9 Å². The molecule has 2 aliphatic heterocycles. The Kier molecular flexibility index (Phi) is 5.96. The molecule has 3 atom stereocenters. The Morgan fingerprint density at radius 1 is 1.03 bits per heavy atom. The molecule has 0 aromatic heterocycles. The minimum Gasteiger partial charge on any atom is -0.403 e. The van der Waals surface area contributed by atoms with Crippen molar-refractivity contribution in [3.8, 4) is 0 Å². The highest BCUT2D eigenvalue weighted by Gasteiger charge is 2.53. The van der Waals surface area contributed by atoms with E-state index in [2.05, 4.69) is 86.5 Å². The Morgan fingerprint density at radius 3 is 2.14 bits per heavy atom. The summed E-state index contributed by atoms with van der Waals surface area (Å²) in [5, 5.41) is 14.3. The molecular formula is C24H33NO3Si. The van der Waals surface area contributed by atoms with Gasteiger partial charge in [-0.15, -0.1) is 0 Å². The number of benzene rings is 2. The van der Waals surface area contributed by atoms with Crippen molar-refractivity contribution in [2.24, 2.45) is 0 Å². The van der Waals surface area contributed by atoms with Crippen molar-refractivity contribution in [3.05, 3.63) is 60.7 Å². The third kappa shape index (κ3) is 3.82. The summed E-state index contributed by atoms with van der Waals surface area (Å²) in [4.78, 5) is 5.98. The van der Waals surface area contributed by atoms with Crippen LogP contribution in [-0.4, -0.2) is 49.9 Å². The van der Waals surface area contributed by atoms with Crippen LogP contribution in [0.4, 0.5) is 0 Å². The standard InChI is InChI=1S/C24H33NO3Si/c1-24(2,3)29(20-11-6-4-7-12-20,21-13-8-5-9-14-21)28-23-15-10-16-25-22(23)17-19(18-26)27-25/h4-9,11-14,19,22-23,26H,10,15-18H2,1-3H3/t19?,22?,23-/m0/s1. The number of nitrogens with zero attached hydrogens (tertiary/aromatic N) is 1. The van der Waals surface area contributed by atoms with E-state index in [1.165, 1.54) is 10.4 Å². The number of piperidine rings is 1. The van der Waals surface area contributed by atoms with Gasteiger partial charge in [0.25, 0.3) is 8.32 Å². The van der Waals surface area contributed by atoms with Gasteiger partial charge in [-0.2, -0.15) is 5.06 Å². The third-order valence-electron chi connectivity index (χ3n) is 6.40. The van der Waals surface area contributed by atoms with Crippen LogP contribution in [0.3, 0.4) is 0 Å². The van der Waals surface area contributed by atoms with Gasteiger partial charge in [0.2, 0.25) is 0 Å². The lowest BCUT2D eigenvalue weighted by Crippen LogP contribution is -2.69. The molecule has 156 valence electrons. The minimum absolute atomic E-state index is 0.0339. The highest BCUT2D eigenvalue weighted by Crippen LogP contribution is 2.40. The summed E-state index contributed by atoms with van der Waals surface area (Å²) in [5.74, 6) is 0. The zero-order valence-corrected chi connectivity index (χ0v) is 18.8. The first kappa shape index (κ1) is 20.8. The smallest absolute Gasteiger partial charge is 0.261 e. The predicted molar refractivity (Wildman–Crippen MR) is 119 cm³/mol. The Labute approximate surface area is 175 Å². The molecule has 2 unspecified atom stereocenters. The molecule has 0 saturated carbocycles. The number of aliphatic hydroxyl groups excluding tert-OH is 1. The molecule has 0 bridgehead atoms. The van der Waals surface area contributed by atoms with Crippen LogP contribution in [0.2, 0.25) is 5.04 Å². The maximum atomic E-state index is 9.63. The van der Waals surface area contributed by atoms with Crippen molar-refractivity contribution in [2.75, 3.05) is 13.2 Å². The van der Waals surface area contributed by atoms with Gasteiger partial charge in [0.05, 0.1) is 18.8 Å². The second-order valence-electron chi connectivity index (χ2n) is 9.32. The van der Waals surface area contributed by atoms with Crippen LogP contribution in [0.5, 0.6) is 0 Å². The molecule has 5 heteroatoms. The van der Waals surface area contributed by atoms with Gasteiger partial charge in [-0.25, -0.2) is 0 Å². The lowest BCUT2D eigenvalue weighted by atomic mass is 9.97. The Balaban J connectivity index is 1.79. The summed E-state index contributed by atoms with van der Waals surface area (Å²) in [6.45, 7) is 7.95. The Hall–Kier alpha value is -1.50. The molecule has 0 amide bonds. The van der Waals surface area contributed by atoms with Crippen LogP contribution in [0, 0.1) is 0 Å². The molecule has 2 heterocycles. The largest absolute Gasteiger partial charge is 0.403 e. The highest BCUT2D eigenvalue weighted by atomic mass is 28.4. The van der Waals surface area contributed by atoms with Gasteiger partial charge in [0.15, 0.2) is 0 Å². The molecular weight excluding hydrogens is 378 g/mol. The van der Waals surface area contributed by atoms with Gasteiger partial charge in [0.1, 0.15) is 6.10 Å². The third-order valence-corrected chi connectivity index (χ3v) is 11.5. The zero-order valence-electron chi connectivity index (χ0n) is 17.8. The second-order valence-corrected chi connectivity index (χ2v) is 13.6. The quantitative estimate of drug-likeness (QED) is 0.768. The lowest BCUT2D eigenvalue weighted by molar-refractivity contribution is -0.192. The first-order valence-electron chi connectivity index (χ1n) is 10.8. The minimum atomic E-state index is -2.57. The first-order chi connectivity index (χ1) is 14.0. The van der Waals surface area contributed by atoms with Crippen LogP contribution in [0.25, 0.3) is 0 Å². The van der Waals surface area contributed by atoms with Crippen molar-refractivity contribution < 1.29 is 14.4 Å². The Bertz CT molecular complexity index is 753. The lowest BCUT2D eigenvalue weighted by Gasteiger charge is -2.48. The molecule has 1 N–H and O–H groups in total. The van der Waals surface area contributed by atoms with Crippen molar-refractivity contribution in [2.45, 2.75) is 63.3 Å². The maximum Gasteiger partial charge on any atom is 0.261 e. The van der Waals surface area contributed by atoms with E-state index in [1.54, 1.807) is 0 Å². The fourth-order valence-corrected chi connectivity index (χ4v) is 9.80. The summed E-state index contributed by atoms with van der Waals surface area (Å²) in [5.41, 5.74) is 0. The molecule has 2 saturated heterocycles. The van der Waals surface area contributed by atoms with E-state index in [1.807, 2.05) is 0 Å². The van der Waals surface area contributed by atoms with Gasteiger partial charge in [-0.3, -0.25) is 4.84 Å². The van der Waals surface area contributed by atoms with Crippen LogP contribution in [0.15, 0.2) is 60.7 Å². The molecule has 2 aliphatic rings. The molecule has 0 spiro atoms. The number of rotatable bonds is 5. The molecule has 0 aliphatic carbocycles. The van der Waals surface area contributed by atoms with Crippen LogP contribution in [-0.2, 0) is 9.26 Å². The van der Waals surface area contributed by atoms with Gasteiger partial charge >= 0.3 is 0 Å². The zero-order chi connectivity index (χ0) is 20.5. The van der Waals surface area contributed by atoms with Crippen molar-refractivity contribution in [1.29, 1.82) is 0 Å². The normalized spacial score (nSPS) is 25.7. The van der Waals surface area contributed by atoms with Gasteiger partial charge < -0.3 is 9.53 Å². The van der Waals surface area contributed by atoms with Crippen LogP contribution >= 0.6 is 0 Å². The van der Waals surface area contributed by atoms with Gasteiger partial charge in [-0.05, 0) is 34.7 Å². The fourth-order valence-electron chi connectivity index (χ4n) is 5.06. The fraction of sp³-hybridized carbons (Fsp3) is 0.500. The average Bonchev–Trinajstić information content (AvgIpc) is 3.16. The van der Waals surface area contributed by atoms with Crippen LogP contribution in [0.1, 0.15) is 40.0 Å². The van der Waals surface area contributed by atoms with E-state index in [-0.39, 0.29) is 29.9 Å².